The van der Waals surface area contributed by atoms with E-state index >= 15 is 0 Å². The van der Waals surface area contributed by atoms with Crippen LogP contribution in [0, 0.1) is 12.8 Å². The summed E-state index contributed by atoms with van der Waals surface area (Å²) in [4.78, 5) is 1.90. The molecule has 2 nitrogen and oxygen atoms in total. The first-order chi connectivity index (χ1) is 9.79. The highest BCUT2D eigenvalue weighted by Crippen LogP contribution is 2.36. The van der Waals surface area contributed by atoms with Crippen LogP contribution in [0.15, 0.2) is 24.3 Å². The summed E-state index contributed by atoms with van der Waals surface area (Å²) in [5, 5.41) is 0. The van der Waals surface area contributed by atoms with Crippen molar-refractivity contribution in [2.75, 3.05) is 13.1 Å². The number of alkyl halides is 3. The Hall–Kier alpha value is -1.07. The molecule has 1 saturated heterocycles. The maximum Gasteiger partial charge on any atom is 0.393 e. The molecule has 2 N–H and O–H groups in total. The number of piperidine rings is 1. The zero-order valence-corrected chi connectivity index (χ0v) is 12.5. The Balaban J connectivity index is 2.20. The largest absolute Gasteiger partial charge is 0.393 e. The molecule has 3 atom stereocenters. The lowest BCUT2D eigenvalue weighted by molar-refractivity contribution is -0.189. The number of nitrogens with zero attached hydrogens (tertiary/aromatic N) is 1. The molecule has 1 aliphatic heterocycles. The number of aryl methyl sites for hydroxylation is 1. The molecule has 3 unspecified atom stereocenters. The van der Waals surface area contributed by atoms with E-state index in [4.69, 9.17) is 5.73 Å². The molecule has 0 aromatic heterocycles. The van der Waals surface area contributed by atoms with E-state index in [0.29, 0.717) is 13.0 Å². The van der Waals surface area contributed by atoms with Crippen LogP contribution in [0.25, 0.3) is 0 Å². The summed E-state index contributed by atoms with van der Waals surface area (Å²) in [5.74, 6) is -1.24. The van der Waals surface area contributed by atoms with Gasteiger partial charge in [0.25, 0.3) is 0 Å². The van der Waals surface area contributed by atoms with Gasteiger partial charge in [-0.3, -0.25) is 4.90 Å². The lowest BCUT2D eigenvalue weighted by atomic mass is 9.91. The second-order valence-corrected chi connectivity index (χ2v) is 6.09. The number of benzene rings is 1. The summed E-state index contributed by atoms with van der Waals surface area (Å²) in [6, 6.07) is 7.54. The molecule has 1 aromatic carbocycles. The third-order valence-corrected chi connectivity index (χ3v) is 4.23. The highest BCUT2D eigenvalue weighted by molar-refractivity contribution is 5.25. The van der Waals surface area contributed by atoms with Crippen molar-refractivity contribution in [2.45, 2.75) is 44.9 Å². The highest BCUT2D eigenvalue weighted by Gasteiger charge is 2.43. The summed E-state index contributed by atoms with van der Waals surface area (Å²) in [6.45, 7) is 4.57. The number of halogens is 3. The minimum absolute atomic E-state index is 0.0452. The minimum Gasteiger partial charge on any atom is -0.326 e. The van der Waals surface area contributed by atoms with Crippen molar-refractivity contribution in [3.05, 3.63) is 35.4 Å². The van der Waals surface area contributed by atoms with E-state index in [0.717, 1.165) is 11.1 Å². The standard InChI is InChI=1S/C16H23F3N2/c1-11-5-7-13(8-6-11)15(12(2)20)21-9-3-4-14(10-21)16(17,18)19/h5-8,12,14-15H,3-4,9-10,20H2,1-2H3. The van der Waals surface area contributed by atoms with Gasteiger partial charge in [0.15, 0.2) is 0 Å². The van der Waals surface area contributed by atoms with Gasteiger partial charge in [0.05, 0.1) is 5.92 Å². The molecule has 118 valence electrons. The van der Waals surface area contributed by atoms with Gasteiger partial charge < -0.3 is 5.73 Å². The first-order valence-electron chi connectivity index (χ1n) is 7.42. The first kappa shape index (κ1) is 16.3. The molecule has 1 aromatic rings. The topological polar surface area (TPSA) is 29.3 Å². The average Bonchev–Trinajstić information content (AvgIpc) is 2.40. The summed E-state index contributed by atoms with van der Waals surface area (Å²) in [7, 11) is 0. The number of hydrogen-bond donors (Lipinski definition) is 1. The summed E-state index contributed by atoms with van der Waals surface area (Å²) in [6.07, 6.45) is -3.33. The van der Waals surface area contributed by atoms with Crippen LogP contribution in [0.4, 0.5) is 13.2 Å². The van der Waals surface area contributed by atoms with E-state index in [-0.39, 0.29) is 25.0 Å². The quantitative estimate of drug-likeness (QED) is 0.923. The van der Waals surface area contributed by atoms with E-state index in [1.165, 1.54) is 0 Å². The third kappa shape index (κ3) is 3.98. The van der Waals surface area contributed by atoms with Gasteiger partial charge >= 0.3 is 6.18 Å². The molecule has 0 radical (unpaired) electrons. The lowest BCUT2D eigenvalue weighted by Gasteiger charge is -2.40. The Labute approximate surface area is 124 Å². The number of hydrogen-bond acceptors (Lipinski definition) is 2. The second kappa shape index (κ2) is 6.36. The SMILES string of the molecule is Cc1ccc(C(C(C)N)N2CCCC(C(F)(F)F)C2)cc1. The van der Waals surface area contributed by atoms with E-state index in [1.807, 2.05) is 43.0 Å². The number of rotatable bonds is 3. The zero-order chi connectivity index (χ0) is 15.6. The van der Waals surface area contributed by atoms with Crippen molar-refractivity contribution in [1.29, 1.82) is 0 Å². The number of likely N-dealkylation sites (tertiary alicyclic amines) is 1. The predicted molar refractivity (Wildman–Crippen MR) is 77.9 cm³/mol. The molecule has 1 heterocycles. The molecule has 0 aliphatic carbocycles. The van der Waals surface area contributed by atoms with Gasteiger partial charge in [-0.2, -0.15) is 13.2 Å². The van der Waals surface area contributed by atoms with Crippen LogP contribution in [0.2, 0.25) is 0 Å². The molecular weight excluding hydrogens is 277 g/mol. The van der Waals surface area contributed by atoms with Gasteiger partial charge in [0, 0.05) is 18.6 Å². The minimum atomic E-state index is -4.12. The molecular formula is C16H23F3N2. The molecule has 1 fully saturated rings. The summed E-state index contributed by atoms with van der Waals surface area (Å²) in [5.41, 5.74) is 8.20. The van der Waals surface area contributed by atoms with Crippen LogP contribution >= 0.6 is 0 Å². The fraction of sp³-hybridized carbons (Fsp3) is 0.625. The predicted octanol–water partition coefficient (Wildman–Crippen LogP) is 3.66. The zero-order valence-electron chi connectivity index (χ0n) is 12.5. The Bertz CT molecular complexity index is 454. The fourth-order valence-corrected chi connectivity index (χ4v) is 3.14. The van der Waals surface area contributed by atoms with Crippen LogP contribution in [0.5, 0.6) is 0 Å². The Morgan fingerprint density at radius 3 is 2.38 bits per heavy atom. The molecule has 0 spiro atoms. The van der Waals surface area contributed by atoms with E-state index in [2.05, 4.69) is 0 Å². The monoisotopic (exact) mass is 300 g/mol. The van der Waals surface area contributed by atoms with Gasteiger partial charge in [-0.25, -0.2) is 0 Å². The average molecular weight is 300 g/mol. The molecule has 1 aliphatic rings. The summed E-state index contributed by atoms with van der Waals surface area (Å²) < 4.78 is 38.9. The van der Waals surface area contributed by atoms with Crippen LogP contribution in [0.3, 0.4) is 0 Å². The third-order valence-electron chi connectivity index (χ3n) is 4.23. The first-order valence-corrected chi connectivity index (χ1v) is 7.42. The lowest BCUT2D eigenvalue weighted by Crippen LogP contribution is -2.47. The molecule has 21 heavy (non-hydrogen) atoms. The van der Waals surface area contributed by atoms with E-state index in [1.54, 1.807) is 0 Å². The molecule has 0 amide bonds. The second-order valence-electron chi connectivity index (χ2n) is 6.09. The molecule has 2 rings (SSSR count). The Morgan fingerprint density at radius 1 is 1.24 bits per heavy atom. The van der Waals surface area contributed by atoms with Crippen LogP contribution in [0.1, 0.15) is 36.9 Å². The van der Waals surface area contributed by atoms with Crippen LogP contribution in [-0.2, 0) is 0 Å². The Kier molecular flexibility index (Phi) is 4.94. The molecule has 0 saturated carbocycles. The molecule has 0 bridgehead atoms. The van der Waals surface area contributed by atoms with Gasteiger partial charge in [0.1, 0.15) is 0 Å². The maximum absolute atomic E-state index is 13.0. The van der Waals surface area contributed by atoms with Crippen molar-refractivity contribution >= 4 is 0 Å². The normalized spacial score (nSPS) is 23.8. The van der Waals surface area contributed by atoms with Crippen molar-refractivity contribution in [2.24, 2.45) is 11.7 Å². The highest BCUT2D eigenvalue weighted by atomic mass is 19.4. The van der Waals surface area contributed by atoms with Gasteiger partial charge in [-0.1, -0.05) is 29.8 Å². The van der Waals surface area contributed by atoms with Gasteiger partial charge in [-0.05, 0) is 38.8 Å². The van der Waals surface area contributed by atoms with E-state index < -0.39 is 12.1 Å². The van der Waals surface area contributed by atoms with Crippen molar-refractivity contribution < 1.29 is 13.2 Å². The van der Waals surface area contributed by atoms with Gasteiger partial charge in [0.2, 0.25) is 0 Å². The smallest absolute Gasteiger partial charge is 0.326 e. The van der Waals surface area contributed by atoms with Crippen molar-refractivity contribution in [3.8, 4) is 0 Å². The van der Waals surface area contributed by atoms with Crippen LogP contribution < -0.4 is 5.73 Å². The van der Waals surface area contributed by atoms with Crippen LogP contribution in [-0.4, -0.2) is 30.2 Å². The number of nitrogens with two attached hydrogens (primary N) is 1. The Morgan fingerprint density at radius 2 is 1.86 bits per heavy atom. The van der Waals surface area contributed by atoms with Crippen molar-refractivity contribution in [1.82, 2.24) is 4.90 Å². The molecule has 5 heteroatoms. The van der Waals surface area contributed by atoms with E-state index in [9.17, 15) is 13.2 Å². The van der Waals surface area contributed by atoms with Gasteiger partial charge in [-0.15, -0.1) is 0 Å². The fourth-order valence-electron chi connectivity index (χ4n) is 3.14. The maximum atomic E-state index is 13.0. The summed E-state index contributed by atoms with van der Waals surface area (Å²) >= 11 is 0. The van der Waals surface area contributed by atoms with Crippen molar-refractivity contribution in [3.63, 3.8) is 0 Å².